The summed E-state index contributed by atoms with van der Waals surface area (Å²) in [6.07, 6.45) is 9.17. The van der Waals surface area contributed by atoms with Crippen LogP contribution in [0.15, 0.2) is 30.3 Å². The van der Waals surface area contributed by atoms with Crippen molar-refractivity contribution in [2.45, 2.75) is 44.9 Å². The maximum atomic E-state index is 9.63. The minimum Gasteiger partial charge on any atom is -0.396 e. The molecule has 1 heteroatoms. The molecule has 1 aromatic rings. The van der Waals surface area contributed by atoms with Crippen LogP contribution in [-0.4, -0.2) is 11.7 Å². The second-order valence-corrected chi connectivity index (χ2v) is 5.38. The van der Waals surface area contributed by atoms with Crippen LogP contribution in [0.5, 0.6) is 0 Å². The lowest BCUT2D eigenvalue weighted by Crippen LogP contribution is -2.20. The lowest BCUT2D eigenvalue weighted by atomic mass is 9.82. The molecule has 1 aliphatic rings. The largest absolute Gasteiger partial charge is 0.396 e. The van der Waals surface area contributed by atoms with Gasteiger partial charge in [-0.25, -0.2) is 0 Å². The fourth-order valence-corrected chi connectivity index (χ4v) is 3.08. The zero-order valence-corrected chi connectivity index (χ0v) is 10.6. The summed E-state index contributed by atoms with van der Waals surface area (Å²) in [7, 11) is 0. The third kappa shape index (κ3) is 3.85. The highest BCUT2D eigenvalue weighted by Gasteiger charge is 2.22. The van der Waals surface area contributed by atoms with Gasteiger partial charge in [-0.15, -0.1) is 0 Å². The van der Waals surface area contributed by atoms with E-state index in [0.29, 0.717) is 12.5 Å². The predicted octanol–water partition coefficient (Wildman–Crippen LogP) is 3.81. The van der Waals surface area contributed by atoms with E-state index in [2.05, 4.69) is 30.3 Å². The van der Waals surface area contributed by atoms with Crippen LogP contribution < -0.4 is 0 Å². The summed E-state index contributed by atoms with van der Waals surface area (Å²) in [4.78, 5) is 0. The SMILES string of the molecule is OCC(Cc1ccccc1)C1CCCCCC1. The minimum atomic E-state index is 0.347. The highest BCUT2D eigenvalue weighted by Crippen LogP contribution is 2.30. The van der Waals surface area contributed by atoms with Gasteiger partial charge in [-0.3, -0.25) is 0 Å². The smallest absolute Gasteiger partial charge is 0.0465 e. The number of rotatable bonds is 4. The summed E-state index contributed by atoms with van der Waals surface area (Å²) >= 11 is 0. The van der Waals surface area contributed by atoms with Gasteiger partial charge in [0.1, 0.15) is 0 Å². The van der Waals surface area contributed by atoms with Crippen molar-refractivity contribution in [2.24, 2.45) is 11.8 Å². The van der Waals surface area contributed by atoms with Crippen LogP contribution >= 0.6 is 0 Å². The van der Waals surface area contributed by atoms with Crippen LogP contribution in [0.1, 0.15) is 44.1 Å². The van der Waals surface area contributed by atoms with Gasteiger partial charge in [0.2, 0.25) is 0 Å². The van der Waals surface area contributed by atoms with E-state index in [4.69, 9.17) is 0 Å². The second-order valence-electron chi connectivity index (χ2n) is 5.38. The lowest BCUT2D eigenvalue weighted by molar-refractivity contribution is 0.163. The average Bonchev–Trinajstić information content (AvgIpc) is 2.66. The van der Waals surface area contributed by atoms with Crippen LogP contribution in [0.25, 0.3) is 0 Å². The lowest BCUT2D eigenvalue weighted by Gasteiger charge is -2.24. The van der Waals surface area contributed by atoms with Gasteiger partial charge in [0.25, 0.3) is 0 Å². The summed E-state index contributed by atoms with van der Waals surface area (Å²) in [5.41, 5.74) is 1.37. The summed E-state index contributed by atoms with van der Waals surface area (Å²) in [6, 6.07) is 10.6. The highest BCUT2D eigenvalue weighted by atomic mass is 16.3. The molecule has 1 aromatic carbocycles. The van der Waals surface area contributed by atoms with Gasteiger partial charge in [-0.2, -0.15) is 0 Å². The molecule has 94 valence electrons. The van der Waals surface area contributed by atoms with Crippen molar-refractivity contribution < 1.29 is 5.11 Å². The van der Waals surface area contributed by atoms with E-state index in [1.54, 1.807) is 0 Å². The van der Waals surface area contributed by atoms with E-state index in [9.17, 15) is 5.11 Å². The van der Waals surface area contributed by atoms with E-state index in [-0.39, 0.29) is 0 Å². The van der Waals surface area contributed by atoms with Gasteiger partial charge >= 0.3 is 0 Å². The number of aliphatic hydroxyl groups excluding tert-OH is 1. The fourth-order valence-electron chi connectivity index (χ4n) is 3.08. The minimum absolute atomic E-state index is 0.347. The van der Waals surface area contributed by atoms with E-state index in [1.165, 1.54) is 44.1 Å². The first-order valence-corrected chi connectivity index (χ1v) is 7.05. The number of benzene rings is 1. The Morgan fingerprint density at radius 3 is 2.24 bits per heavy atom. The third-order valence-electron chi connectivity index (χ3n) is 4.14. The van der Waals surface area contributed by atoms with Crippen LogP contribution in [0, 0.1) is 11.8 Å². The first-order valence-electron chi connectivity index (χ1n) is 7.05. The van der Waals surface area contributed by atoms with Crippen LogP contribution in [0.3, 0.4) is 0 Å². The maximum absolute atomic E-state index is 9.63. The molecular formula is C16H24O. The number of hydrogen-bond acceptors (Lipinski definition) is 1. The second kappa shape index (κ2) is 6.80. The van der Waals surface area contributed by atoms with Gasteiger partial charge in [0.15, 0.2) is 0 Å². The maximum Gasteiger partial charge on any atom is 0.0465 e. The van der Waals surface area contributed by atoms with E-state index < -0.39 is 0 Å². The molecule has 0 bridgehead atoms. The molecule has 0 saturated heterocycles. The normalized spacial score (nSPS) is 19.8. The third-order valence-corrected chi connectivity index (χ3v) is 4.14. The summed E-state index contributed by atoms with van der Waals surface area (Å²) in [5.74, 6) is 1.21. The van der Waals surface area contributed by atoms with Gasteiger partial charge in [-0.1, -0.05) is 68.9 Å². The molecule has 1 N–H and O–H groups in total. The quantitative estimate of drug-likeness (QED) is 0.783. The van der Waals surface area contributed by atoms with Crippen LogP contribution in [0.2, 0.25) is 0 Å². The predicted molar refractivity (Wildman–Crippen MR) is 71.9 cm³/mol. The van der Waals surface area contributed by atoms with Gasteiger partial charge in [0.05, 0.1) is 0 Å². The Morgan fingerprint density at radius 2 is 1.65 bits per heavy atom. The Hall–Kier alpha value is -0.820. The Balaban J connectivity index is 1.95. The van der Waals surface area contributed by atoms with Crippen molar-refractivity contribution in [3.63, 3.8) is 0 Å². The van der Waals surface area contributed by atoms with Gasteiger partial charge in [-0.05, 0) is 23.8 Å². The molecule has 0 aliphatic heterocycles. The summed E-state index contributed by atoms with van der Waals surface area (Å²) < 4.78 is 0. The van der Waals surface area contributed by atoms with Crippen molar-refractivity contribution in [1.29, 1.82) is 0 Å². The van der Waals surface area contributed by atoms with Crippen molar-refractivity contribution in [3.05, 3.63) is 35.9 Å². The Morgan fingerprint density at radius 1 is 1.00 bits per heavy atom. The van der Waals surface area contributed by atoms with E-state index in [1.807, 2.05) is 0 Å². The molecule has 1 atom stereocenters. The topological polar surface area (TPSA) is 20.2 Å². The van der Waals surface area contributed by atoms with Gasteiger partial charge in [0, 0.05) is 6.61 Å². The first kappa shape index (κ1) is 12.6. The standard InChI is InChI=1S/C16H24O/c17-13-16(12-14-8-4-3-5-9-14)15-10-6-1-2-7-11-15/h3-5,8-9,15-17H,1-2,6-7,10-13H2. The van der Waals surface area contributed by atoms with Crippen molar-refractivity contribution >= 4 is 0 Å². The average molecular weight is 232 g/mol. The van der Waals surface area contributed by atoms with Crippen molar-refractivity contribution in [1.82, 2.24) is 0 Å². The molecule has 1 saturated carbocycles. The van der Waals surface area contributed by atoms with E-state index in [0.717, 1.165) is 12.3 Å². The molecule has 0 amide bonds. The molecular weight excluding hydrogens is 208 g/mol. The fraction of sp³-hybridized carbons (Fsp3) is 0.625. The monoisotopic (exact) mass is 232 g/mol. The van der Waals surface area contributed by atoms with Crippen LogP contribution in [0.4, 0.5) is 0 Å². The number of aliphatic hydroxyl groups is 1. The summed E-state index contributed by atoms with van der Waals surface area (Å²) in [5, 5.41) is 9.63. The molecule has 0 aromatic heterocycles. The van der Waals surface area contributed by atoms with Crippen molar-refractivity contribution in [2.75, 3.05) is 6.61 Å². The molecule has 0 radical (unpaired) electrons. The molecule has 0 spiro atoms. The Labute approximate surface area is 105 Å². The Kier molecular flexibility index (Phi) is 5.06. The van der Waals surface area contributed by atoms with E-state index >= 15 is 0 Å². The first-order chi connectivity index (χ1) is 8.40. The summed E-state index contributed by atoms with van der Waals surface area (Å²) in [6.45, 7) is 0.347. The molecule has 1 fully saturated rings. The number of hydrogen-bond donors (Lipinski definition) is 1. The Bertz CT molecular complexity index is 299. The zero-order chi connectivity index (χ0) is 11.9. The molecule has 1 aliphatic carbocycles. The van der Waals surface area contributed by atoms with Crippen LogP contribution in [-0.2, 0) is 6.42 Å². The highest BCUT2D eigenvalue weighted by molar-refractivity contribution is 5.15. The molecule has 1 nitrogen and oxygen atoms in total. The molecule has 0 heterocycles. The molecule has 17 heavy (non-hydrogen) atoms. The van der Waals surface area contributed by atoms with Gasteiger partial charge < -0.3 is 5.11 Å². The van der Waals surface area contributed by atoms with Crippen molar-refractivity contribution in [3.8, 4) is 0 Å². The molecule has 2 rings (SSSR count). The molecule has 1 unspecified atom stereocenters. The zero-order valence-electron chi connectivity index (χ0n) is 10.6.